The van der Waals surface area contributed by atoms with Gasteiger partial charge in [-0.1, -0.05) is 39.5 Å². The van der Waals surface area contributed by atoms with Crippen LogP contribution in [0.5, 0.6) is 0 Å². The van der Waals surface area contributed by atoms with E-state index < -0.39 is 0 Å². The fraction of sp³-hybridized carbons (Fsp3) is 1.00. The van der Waals surface area contributed by atoms with Gasteiger partial charge in [0.2, 0.25) is 0 Å². The van der Waals surface area contributed by atoms with E-state index in [4.69, 9.17) is 0 Å². The van der Waals surface area contributed by atoms with Crippen LogP contribution in [-0.4, -0.2) is 0 Å². The van der Waals surface area contributed by atoms with E-state index in [-0.39, 0.29) is 0 Å². The van der Waals surface area contributed by atoms with E-state index in [9.17, 15) is 0 Å². The molecule has 4 atom stereocenters. The fourth-order valence-electron chi connectivity index (χ4n) is 4.04. The molecule has 2 aliphatic carbocycles. The maximum atomic E-state index is 2.40. The van der Waals surface area contributed by atoms with Crippen molar-refractivity contribution >= 4 is 0 Å². The summed E-state index contributed by atoms with van der Waals surface area (Å²) in [4.78, 5) is 0. The summed E-state index contributed by atoms with van der Waals surface area (Å²) in [5.41, 5.74) is 0. The van der Waals surface area contributed by atoms with Crippen molar-refractivity contribution in [1.82, 2.24) is 0 Å². The van der Waals surface area contributed by atoms with Gasteiger partial charge < -0.3 is 0 Å². The minimum atomic E-state index is 1.12. The first kappa shape index (κ1) is 9.55. The molecule has 0 N–H and O–H groups in total. The molecule has 0 aromatic heterocycles. The standard InChI is InChI=1S/C13H24/c1-3-5-7-11-10(4-2)12-8-6-9-13(11)12/h10-13H,3-9H2,1-2H3/t10-,11+,12?,13?/m0/s1. The van der Waals surface area contributed by atoms with Crippen molar-refractivity contribution in [3.63, 3.8) is 0 Å². The number of hydrogen-bond donors (Lipinski definition) is 0. The Morgan fingerprint density at radius 2 is 1.69 bits per heavy atom. The van der Waals surface area contributed by atoms with Crippen molar-refractivity contribution in [2.75, 3.05) is 0 Å². The summed E-state index contributed by atoms with van der Waals surface area (Å²) in [5, 5.41) is 0. The lowest BCUT2D eigenvalue weighted by Gasteiger charge is -2.49. The molecule has 2 unspecified atom stereocenters. The second kappa shape index (κ2) is 4.02. The van der Waals surface area contributed by atoms with Crippen LogP contribution in [0.4, 0.5) is 0 Å². The summed E-state index contributed by atoms with van der Waals surface area (Å²) in [5.74, 6) is 4.58. The highest BCUT2D eigenvalue weighted by Gasteiger charge is 2.49. The average molecular weight is 180 g/mol. The lowest BCUT2D eigenvalue weighted by Crippen LogP contribution is -2.43. The molecule has 0 aromatic carbocycles. The zero-order valence-electron chi connectivity index (χ0n) is 9.26. The summed E-state index contributed by atoms with van der Waals surface area (Å²) in [6, 6.07) is 0. The molecule has 0 heteroatoms. The summed E-state index contributed by atoms with van der Waals surface area (Å²) < 4.78 is 0. The zero-order valence-corrected chi connectivity index (χ0v) is 9.26. The van der Waals surface area contributed by atoms with Gasteiger partial charge in [0, 0.05) is 0 Å². The molecule has 0 aromatic rings. The van der Waals surface area contributed by atoms with Crippen molar-refractivity contribution in [2.24, 2.45) is 23.7 Å². The van der Waals surface area contributed by atoms with E-state index in [1.165, 1.54) is 32.1 Å². The number of hydrogen-bond acceptors (Lipinski definition) is 0. The Morgan fingerprint density at radius 1 is 1.00 bits per heavy atom. The van der Waals surface area contributed by atoms with Crippen molar-refractivity contribution in [3.8, 4) is 0 Å². The van der Waals surface area contributed by atoms with Gasteiger partial charge in [0.05, 0.1) is 0 Å². The largest absolute Gasteiger partial charge is 0.0654 e. The third-order valence-electron chi connectivity index (χ3n) is 4.64. The average Bonchev–Trinajstić information content (AvgIpc) is 2.51. The van der Waals surface area contributed by atoms with E-state index in [2.05, 4.69) is 13.8 Å². The molecule has 2 rings (SSSR count). The Morgan fingerprint density at radius 3 is 2.31 bits per heavy atom. The van der Waals surface area contributed by atoms with Crippen molar-refractivity contribution in [3.05, 3.63) is 0 Å². The normalized spacial score (nSPS) is 42.9. The molecule has 0 bridgehead atoms. The van der Waals surface area contributed by atoms with Crippen molar-refractivity contribution < 1.29 is 0 Å². The zero-order chi connectivity index (χ0) is 9.26. The van der Waals surface area contributed by atoms with Crippen LogP contribution < -0.4 is 0 Å². The monoisotopic (exact) mass is 180 g/mol. The Hall–Kier alpha value is 0. The van der Waals surface area contributed by atoms with Crippen molar-refractivity contribution in [2.45, 2.75) is 58.8 Å². The molecule has 0 nitrogen and oxygen atoms in total. The molecule has 2 fully saturated rings. The molecular formula is C13H24. The lowest BCUT2D eigenvalue weighted by atomic mass is 9.56. The van der Waals surface area contributed by atoms with Crippen LogP contribution in [0.2, 0.25) is 0 Å². The second-order valence-corrected chi connectivity index (χ2v) is 5.14. The Bertz CT molecular complexity index is 161. The third kappa shape index (κ3) is 1.53. The van der Waals surface area contributed by atoms with Crippen LogP contribution in [0.3, 0.4) is 0 Å². The van der Waals surface area contributed by atoms with Crippen LogP contribution in [0.15, 0.2) is 0 Å². The quantitative estimate of drug-likeness (QED) is 0.606. The maximum absolute atomic E-state index is 2.40. The summed E-state index contributed by atoms with van der Waals surface area (Å²) in [6.07, 6.45) is 10.5. The van der Waals surface area contributed by atoms with Gasteiger partial charge in [-0.15, -0.1) is 0 Å². The minimum absolute atomic E-state index is 1.12. The Balaban J connectivity index is 1.87. The topological polar surface area (TPSA) is 0 Å². The molecule has 0 radical (unpaired) electrons. The van der Waals surface area contributed by atoms with Crippen LogP contribution in [0.1, 0.15) is 58.8 Å². The van der Waals surface area contributed by atoms with Gasteiger partial charge >= 0.3 is 0 Å². The summed E-state index contributed by atoms with van der Waals surface area (Å²) in [7, 11) is 0. The highest BCUT2D eigenvalue weighted by molar-refractivity contribution is 4.99. The van der Waals surface area contributed by atoms with Gasteiger partial charge in [0.1, 0.15) is 0 Å². The van der Waals surface area contributed by atoms with Gasteiger partial charge in [-0.2, -0.15) is 0 Å². The van der Waals surface area contributed by atoms with Crippen LogP contribution in [0.25, 0.3) is 0 Å². The maximum Gasteiger partial charge on any atom is -0.0352 e. The summed E-state index contributed by atoms with van der Waals surface area (Å²) in [6.45, 7) is 4.73. The van der Waals surface area contributed by atoms with Gasteiger partial charge in [0.25, 0.3) is 0 Å². The van der Waals surface area contributed by atoms with E-state index in [1.54, 1.807) is 12.8 Å². The molecule has 76 valence electrons. The molecule has 2 aliphatic rings. The number of rotatable bonds is 4. The minimum Gasteiger partial charge on any atom is -0.0654 e. The lowest BCUT2D eigenvalue weighted by molar-refractivity contribution is -0.00748. The Labute approximate surface area is 83.1 Å². The van der Waals surface area contributed by atoms with Crippen molar-refractivity contribution in [1.29, 1.82) is 0 Å². The highest BCUT2D eigenvalue weighted by atomic mass is 14.5. The highest BCUT2D eigenvalue weighted by Crippen LogP contribution is 2.58. The van der Waals surface area contributed by atoms with Crippen LogP contribution in [0, 0.1) is 23.7 Å². The van der Waals surface area contributed by atoms with E-state index in [0.717, 1.165) is 23.7 Å². The van der Waals surface area contributed by atoms with Gasteiger partial charge in [-0.05, 0) is 42.9 Å². The Kier molecular flexibility index (Phi) is 2.96. The molecular weight excluding hydrogens is 156 g/mol. The molecule has 0 heterocycles. The van der Waals surface area contributed by atoms with Gasteiger partial charge in [0.15, 0.2) is 0 Å². The molecule has 0 saturated heterocycles. The van der Waals surface area contributed by atoms with E-state index in [0.29, 0.717) is 0 Å². The predicted octanol–water partition coefficient (Wildman–Crippen LogP) is 4.25. The number of fused-ring (bicyclic) bond motifs is 1. The van der Waals surface area contributed by atoms with Crippen LogP contribution >= 0.6 is 0 Å². The first-order chi connectivity index (χ1) is 6.38. The second-order valence-electron chi connectivity index (χ2n) is 5.14. The fourth-order valence-corrected chi connectivity index (χ4v) is 4.04. The molecule has 0 amide bonds. The predicted molar refractivity (Wildman–Crippen MR) is 57.6 cm³/mol. The third-order valence-corrected chi connectivity index (χ3v) is 4.64. The summed E-state index contributed by atoms with van der Waals surface area (Å²) >= 11 is 0. The first-order valence-corrected chi connectivity index (χ1v) is 6.38. The molecule has 13 heavy (non-hydrogen) atoms. The van der Waals surface area contributed by atoms with Gasteiger partial charge in [-0.3, -0.25) is 0 Å². The van der Waals surface area contributed by atoms with E-state index in [1.807, 2.05) is 0 Å². The molecule has 0 aliphatic heterocycles. The van der Waals surface area contributed by atoms with Gasteiger partial charge in [-0.25, -0.2) is 0 Å². The van der Waals surface area contributed by atoms with Crippen LogP contribution in [-0.2, 0) is 0 Å². The number of unbranched alkanes of at least 4 members (excludes halogenated alkanes) is 1. The smallest absolute Gasteiger partial charge is 0.0352 e. The molecule has 2 saturated carbocycles. The molecule has 0 spiro atoms. The van der Waals surface area contributed by atoms with E-state index >= 15 is 0 Å². The first-order valence-electron chi connectivity index (χ1n) is 6.38. The SMILES string of the molecule is CCCC[C@H]1C2CCCC2[C@H]1CC.